The summed E-state index contributed by atoms with van der Waals surface area (Å²) >= 11 is 0. The quantitative estimate of drug-likeness (QED) is 0.813. The maximum atomic E-state index is 12.8. The van der Waals surface area contributed by atoms with Gasteiger partial charge in [-0.2, -0.15) is 13.2 Å². The zero-order valence-corrected chi connectivity index (χ0v) is 14.6. The molecule has 0 N–H and O–H groups in total. The smallest absolute Gasteiger partial charge is 0.337 e. The van der Waals surface area contributed by atoms with Crippen molar-refractivity contribution < 1.29 is 18.0 Å². The molecular formula is C19H25F3N2O. The van der Waals surface area contributed by atoms with E-state index in [1.165, 1.54) is 31.4 Å². The Morgan fingerprint density at radius 1 is 1.04 bits per heavy atom. The van der Waals surface area contributed by atoms with Gasteiger partial charge in [0.25, 0.3) is 5.91 Å². The van der Waals surface area contributed by atoms with E-state index in [4.69, 9.17) is 0 Å². The van der Waals surface area contributed by atoms with Crippen LogP contribution in [0.4, 0.5) is 13.2 Å². The van der Waals surface area contributed by atoms with Crippen molar-refractivity contribution in [2.24, 2.45) is 0 Å². The fraction of sp³-hybridized carbons (Fsp3) is 0.632. The fourth-order valence-electron chi connectivity index (χ4n) is 4.20. The number of amides is 1. The summed E-state index contributed by atoms with van der Waals surface area (Å²) in [6, 6.07) is 5.06. The van der Waals surface area contributed by atoms with Gasteiger partial charge in [0.15, 0.2) is 0 Å². The van der Waals surface area contributed by atoms with Crippen LogP contribution in [0.25, 0.3) is 0 Å². The number of hydrogen-bond donors (Lipinski definition) is 0. The second-order valence-electron chi connectivity index (χ2n) is 7.15. The number of likely N-dealkylation sites (N-methyl/N-ethyl adjacent to an activating group) is 1. The van der Waals surface area contributed by atoms with Crippen molar-refractivity contribution in [2.75, 3.05) is 20.1 Å². The Morgan fingerprint density at radius 2 is 1.64 bits per heavy atom. The molecule has 1 saturated heterocycles. The molecule has 0 unspecified atom stereocenters. The summed E-state index contributed by atoms with van der Waals surface area (Å²) in [6.45, 7) is 2.17. The van der Waals surface area contributed by atoms with Gasteiger partial charge < -0.3 is 4.90 Å². The zero-order chi connectivity index (χ0) is 18.0. The third-order valence-corrected chi connectivity index (χ3v) is 5.58. The van der Waals surface area contributed by atoms with Gasteiger partial charge in [0.05, 0.1) is 5.56 Å². The highest BCUT2D eigenvalue weighted by atomic mass is 19.4. The molecule has 1 heterocycles. The van der Waals surface area contributed by atoms with Gasteiger partial charge in [-0.15, -0.1) is 0 Å². The van der Waals surface area contributed by atoms with Crippen LogP contribution in [0.15, 0.2) is 24.3 Å². The minimum absolute atomic E-state index is 0.140. The van der Waals surface area contributed by atoms with Gasteiger partial charge >= 0.3 is 6.18 Å². The highest BCUT2D eigenvalue weighted by Gasteiger charge is 2.36. The Morgan fingerprint density at radius 3 is 2.24 bits per heavy atom. The first-order valence-electron chi connectivity index (χ1n) is 9.06. The number of halogens is 3. The van der Waals surface area contributed by atoms with Crippen LogP contribution in [0.1, 0.15) is 54.4 Å². The van der Waals surface area contributed by atoms with Crippen molar-refractivity contribution in [1.82, 2.24) is 9.80 Å². The van der Waals surface area contributed by atoms with Gasteiger partial charge in [0, 0.05) is 24.7 Å². The second-order valence-corrected chi connectivity index (χ2v) is 7.15. The molecule has 3 nitrogen and oxygen atoms in total. The number of carbonyl (C=O) groups excluding carboxylic acids is 1. The fourth-order valence-corrected chi connectivity index (χ4v) is 4.20. The Labute approximate surface area is 146 Å². The summed E-state index contributed by atoms with van der Waals surface area (Å²) in [6.07, 6.45) is 2.37. The number of carbonyl (C=O) groups is 1. The molecule has 1 amide bonds. The van der Waals surface area contributed by atoms with Crippen molar-refractivity contribution in [3.8, 4) is 0 Å². The van der Waals surface area contributed by atoms with Gasteiger partial charge in [-0.25, -0.2) is 0 Å². The molecule has 0 spiro atoms. The molecule has 138 valence electrons. The molecule has 2 aliphatic rings. The van der Waals surface area contributed by atoms with Gasteiger partial charge in [-0.1, -0.05) is 12.8 Å². The van der Waals surface area contributed by atoms with Crippen LogP contribution in [-0.4, -0.2) is 47.9 Å². The Kier molecular flexibility index (Phi) is 5.37. The van der Waals surface area contributed by atoms with Crippen molar-refractivity contribution in [3.05, 3.63) is 35.4 Å². The van der Waals surface area contributed by atoms with Crippen LogP contribution in [-0.2, 0) is 6.18 Å². The van der Waals surface area contributed by atoms with Crippen molar-refractivity contribution in [1.29, 1.82) is 0 Å². The third kappa shape index (κ3) is 4.00. The van der Waals surface area contributed by atoms with E-state index >= 15 is 0 Å². The molecule has 3 rings (SSSR count). The first-order chi connectivity index (χ1) is 11.9. The minimum Gasteiger partial charge on any atom is -0.337 e. The average molecular weight is 354 g/mol. The standard InChI is InChI=1S/C19H25F3N2O/c1-23(16-6-2-3-7-17(16)24-12-4-5-13-24)18(25)14-8-10-15(11-9-14)19(20,21)22/h8-11,16-17H,2-7,12-13H2,1H3/t16-,17-/m0/s1. The normalized spacial score (nSPS) is 25.1. The summed E-state index contributed by atoms with van der Waals surface area (Å²) in [5.41, 5.74) is -0.402. The molecule has 1 saturated carbocycles. The molecule has 1 aliphatic heterocycles. The molecule has 1 aromatic rings. The monoisotopic (exact) mass is 354 g/mol. The Hall–Kier alpha value is -1.56. The van der Waals surface area contributed by atoms with Crippen LogP contribution >= 0.6 is 0 Å². The Bertz CT molecular complexity index is 594. The number of benzene rings is 1. The highest BCUT2D eigenvalue weighted by Crippen LogP contribution is 2.31. The number of nitrogens with zero attached hydrogens (tertiary/aromatic N) is 2. The maximum Gasteiger partial charge on any atom is 0.416 e. The predicted molar refractivity (Wildman–Crippen MR) is 90.4 cm³/mol. The van der Waals surface area contributed by atoms with E-state index in [-0.39, 0.29) is 11.9 Å². The largest absolute Gasteiger partial charge is 0.416 e. The van der Waals surface area contributed by atoms with E-state index in [1.807, 2.05) is 0 Å². The summed E-state index contributed by atoms with van der Waals surface area (Å²) in [5, 5.41) is 0. The van der Waals surface area contributed by atoms with E-state index < -0.39 is 11.7 Å². The van der Waals surface area contributed by atoms with Gasteiger partial charge in [-0.05, 0) is 63.0 Å². The lowest BCUT2D eigenvalue weighted by molar-refractivity contribution is -0.137. The molecule has 1 aromatic carbocycles. The van der Waals surface area contributed by atoms with E-state index in [0.717, 1.165) is 44.5 Å². The summed E-state index contributed by atoms with van der Waals surface area (Å²) in [7, 11) is 1.79. The van der Waals surface area contributed by atoms with Gasteiger partial charge in [-0.3, -0.25) is 9.69 Å². The molecule has 6 heteroatoms. The summed E-state index contributed by atoms with van der Waals surface area (Å²) < 4.78 is 38.1. The first kappa shape index (κ1) is 18.2. The summed E-state index contributed by atoms with van der Waals surface area (Å²) in [5.74, 6) is -0.190. The van der Waals surface area contributed by atoms with Crippen molar-refractivity contribution >= 4 is 5.91 Å². The van der Waals surface area contributed by atoms with Gasteiger partial charge in [0.2, 0.25) is 0 Å². The average Bonchev–Trinajstić information content (AvgIpc) is 3.14. The van der Waals surface area contributed by atoms with Crippen molar-refractivity contribution in [3.63, 3.8) is 0 Å². The summed E-state index contributed by atoms with van der Waals surface area (Å²) in [4.78, 5) is 17.0. The SMILES string of the molecule is CN(C(=O)c1ccc(C(F)(F)F)cc1)[C@H]1CCCC[C@@H]1N1CCCC1. The van der Waals surface area contributed by atoms with Crippen LogP contribution in [0.3, 0.4) is 0 Å². The number of rotatable bonds is 3. The lowest BCUT2D eigenvalue weighted by Gasteiger charge is -2.42. The maximum absolute atomic E-state index is 12.8. The predicted octanol–water partition coefficient (Wildman–Crippen LogP) is 4.18. The van der Waals surface area contributed by atoms with E-state index in [0.29, 0.717) is 11.6 Å². The molecule has 2 fully saturated rings. The number of likely N-dealkylation sites (tertiary alicyclic amines) is 1. The first-order valence-corrected chi connectivity index (χ1v) is 9.06. The molecular weight excluding hydrogens is 329 g/mol. The van der Waals surface area contributed by atoms with Crippen LogP contribution in [0.2, 0.25) is 0 Å². The molecule has 0 radical (unpaired) electrons. The topological polar surface area (TPSA) is 23.6 Å². The Balaban J connectivity index is 1.73. The second kappa shape index (κ2) is 7.36. The van der Waals surface area contributed by atoms with E-state index in [1.54, 1.807) is 11.9 Å². The van der Waals surface area contributed by atoms with E-state index in [2.05, 4.69) is 4.90 Å². The molecule has 0 bridgehead atoms. The number of hydrogen-bond acceptors (Lipinski definition) is 2. The molecule has 2 atom stereocenters. The highest BCUT2D eigenvalue weighted by molar-refractivity contribution is 5.94. The molecule has 1 aliphatic carbocycles. The van der Waals surface area contributed by atoms with Crippen LogP contribution in [0.5, 0.6) is 0 Å². The lowest BCUT2D eigenvalue weighted by Crippen LogP contribution is -2.53. The zero-order valence-electron chi connectivity index (χ0n) is 14.6. The number of alkyl halides is 3. The molecule has 0 aromatic heterocycles. The molecule has 25 heavy (non-hydrogen) atoms. The lowest BCUT2D eigenvalue weighted by atomic mass is 9.88. The minimum atomic E-state index is -4.38. The van der Waals surface area contributed by atoms with Crippen molar-refractivity contribution in [2.45, 2.75) is 56.8 Å². The van der Waals surface area contributed by atoms with Crippen LogP contribution < -0.4 is 0 Å². The van der Waals surface area contributed by atoms with Crippen LogP contribution in [0, 0.1) is 0 Å². The van der Waals surface area contributed by atoms with Gasteiger partial charge in [0.1, 0.15) is 0 Å². The third-order valence-electron chi connectivity index (χ3n) is 5.58. The van der Waals surface area contributed by atoms with E-state index in [9.17, 15) is 18.0 Å².